The number of rotatable bonds is 7. The van der Waals surface area contributed by atoms with E-state index in [1.807, 2.05) is 44.2 Å². The summed E-state index contributed by atoms with van der Waals surface area (Å²) < 4.78 is 0. The van der Waals surface area contributed by atoms with Gasteiger partial charge in [0.25, 0.3) is 0 Å². The molecule has 1 aromatic heterocycles. The van der Waals surface area contributed by atoms with Gasteiger partial charge in [0.1, 0.15) is 0 Å². The highest BCUT2D eigenvalue weighted by Crippen LogP contribution is 2.17. The molecule has 0 fully saturated rings. The van der Waals surface area contributed by atoms with Crippen LogP contribution in [0.5, 0.6) is 0 Å². The lowest BCUT2D eigenvalue weighted by Gasteiger charge is -2.13. The average Bonchev–Trinajstić information content (AvgIpc) is 3.14. The summed E-state index contributed by atoms with van der Waals surface area (Å²) in [6.07, 6.45) is 2.98. The van der Waals surface area contributed by atoms with Gasteiger partial charge in [-0.15, -0.1) is 0 Å². The highest BCUT2D eigenvalue weighted by atomic mass is 16.2. The second-order valence-corrected chi connectivity index (χ2v) is 7.41. The second-order valence-electron chi connectivity index (χ2n) is 7.41. The van der Waals surface area contributed by atoms with Crippen molar-refractivity contribution < 1.29 is 4.79 Å². The molecular weight excluding hydrogens is 376 g/mol. The summed E-state index contributed by atoms with van der Waals surface area (Å²) in [5.41, 5.74) is 4.32. The van der Waals surface area contributed by atoms with Crippen LogP contribution in [0.2, 0.25) is 0 Å². The Morgan fingerprint density at radius 2 is 1.83 bits per heavy atom. The van der Waals surface area contributed by atoms with Crippen LogP contribution in [-0.2, 0) is 13.0 Å². The lowest BCUT2D eigenvalue weighted by atomic mass is 10.1. The fraction of sp³-hybridized carbons (Fsp3) is 0.304. The lowest BCUT2D eigenvalue weighted by molar-refractivity contribution is 0.250. The second kappa shape index (κ2) is 10.3. The molecule has 3 rings (SSSR count). The number of hydrogen-bond acceptors (Lipinski definition) is 2. The van der Waals surface area contributed by atoms with Gasteiger partial charge in [-0.25, -0.2) is 4.79 Å². The smallest absolute Gasteiger partial charge is 0.319 e. The molecule has 0 spiro atoms. The Morgan fingerprint density at radius 3 is 2.57 bits per heavy atom. The highest BCUT2D eigenvalue weighted by Gasteiger charge is 2.05. The van der Waals surface area contributed by atoms with Gasteiger partial charge in [0, 0.05) is 49.0 Å². The van der Waals surface area contributed by atoms with Gasteiger partial charge in [-0.05, 0) is 49.6 Å². The third kappa shape index (κ3) is 6.01. The summed E-state index contributed by atoms with van der Waals surface area (Å²) in [4.78, 5) is 19.4. The number of H-pyrrole nitrogens is 1. The number of nitrogens with zero attached hydrogens (tertiary/aromatic N) is 1. The fourth-order valence-electron chi connectivity index (χ4n) is 3.20. The first-order valence-electron chi connectivity index (χ1n) is 10.2. The Kier molecular flexibility index (Phi) is 7.32. The van der Waals surface area contributed by atoms with Crippen LogP contribution in [0.1, 0.15) is 25.0 Å². The van der Waals surface area contributed by atoms with Crippen molar-refractivity contribution in [2.45, 2.75) is 32.9 Å². The molecule has 0 aliphatic carbocycles. The standard InChI is InChI=1S/C23H30N6O/c1-16(2)28-23(30)29-19-10-8-17(9-11-19)14-27-22(24-3)25-13-12-18-15-26-21-7-5-4-6-20(18)21/h4-11,15-16,26H,12-14H2,1-3H3,(H2,24,25,27)(H2,28,29,30). The molecule has 5 N–H and O–H groups in total. The molecule has 0 unspecified atom stereocenters. The van der Waals surface area contributed by atoms with Crippen molar-refractivity contribution >= 4 is 28.6 Å². The van der Waals surface area contributed by atoms with Crippen molar-refractivity contribution in [3.8, 4) is 0 Å². The number of urea groups is 1. The van der Waals surface area contributed by atoms with Gasteiger partial charge in [-0.3, -0.25) is 4.99 Å². The van der Waals surface area contributed by atoms with Crippen LogP contribution < -0.4 is 21.3 Å². The first-order valence-corrected chi connectivity index (χ1v) is 10.2. The maximum atomic E-state index is 11.8. The maximum absolute atomic E-state index is 11.8. The van der Waals surface area contributed by atoms with E-state index in [1.165, 1.54) is 10.9 Å². The average molecular weight is 407 g/mol. The molecule has 30 heavy (non-hydrogen) atoms. The summed E-state index contributed by atoms with van der Waals surface area (Å²) >= 11 is 0. The molecule has 2 amide bonds. The number of nitrogens with one attached hydrogen (secondary N) is 5. The van der Waals surface area contributed by atoms with Gasteiger partial charge < -0.3 is 26.3 Å². The molecule has 0 aliphatic rings. The number of fused-ring (bicyclic) bond motifs is 1. The number of benzene rings is 2. The number of aliphatic imine (C=N–C) groups is 1. The molecule has 0 saturated heterocycles. The molecule has 7 heteroatoms. The van der Waals surface area contributed by atoms with Crippen LogP contribution in [0.3, 0.4) is 0 Å². The van der Waals surface area contributed by atoms with E-state index in [9.17, 15) is 4.79 Å². The van der Waals surface area contributed by atoms with E-state index < -0.39 is 0 Å². The van der Waals surface area contributed by atoms with Crippen LogP contribution in [0.15, 0.2) is 59.7 Å². The van der Waals surface area contributed by atoms with E-state index in [1.54, 1.807) is 7.05 Å². The minimum atomic E-state index is -0.198. The first kappa shape index (κ1) is 21.2. The Balaban J connectivity index is 1.44. The maximum Gasteiger partial charge on any atom is 0.319 e. The van der Waals surface area contributed by atoms with Crippen LogP contribution >= 0.6 is 0 Å². The number of hydrogen-bond donors (Lipinski definition) is 5. The summed E-state index contributed by atoms with van der Waals surface area (Å²) in [5.74, 6) is 0.758. The van der Waals surface area contributed by atoms with Crippen LogP contribution in [0.4, 0.5) is 10.5 Å². The number of amides is 2. The van der Waals surface area contributed by atoms with Gasteiger partial charge in [0.2, 0.25) is 0 Å². The quantitative estimate of drug-likeness (QED) is 0.307. The highest BCUT2D eigenvalue weighted by molar-refractivity contribution is 5.89. The van der Waals surface area contributed by atoms with Crippen molar-refractivity contribution in [1.82, 2.24) is 20.9 Å². The number of aromatic nitrogens is 1. The normalized spacial score (nSPS) is 11.5. The van der Waals surface area contributed by atoms with E-state index in [4.69, 9.17) is 0 Å². The Bertz CT molecular complexity index is 990. The van der Waals surface area contributed by atoms with Crippen molar-refractivity contribution in [3.63, 3.8) is 0 Å². The van der Waals surface area contributed by atoms with E-state index in [0.29, 0.717) is 6.54 Å². The predicted octanol–water partition coefficient (Wildman–Crippen LogP) is 3.61. The van der Waals surface area contributed by atoms with Crippen molar-refractivity contribution in [1.29, 1.82) is 0 Å². The summed E-state index contributed by atoms with van der Waals surface area (Å²) in [7, 11) is 1.77. The van der Waals surface area contributed by atoms with Gasteiger partial charge in [-0.1, -0.05) is 30.3 Å². The van der Waals surface area contributed by atoms with E-state index in [2.05, 4.69) is 55.6 Å². The minimum Gasteiger partial charge on any atom is -0.361 e. The molecule has 0 atom stereocenters. The zero-order valence-corrected chi connectivity index (χ0v) is 17.8. The molecule has 2 aromatic carbocycles. The van der Waals surface area contributed by atoms with Gasteiger partial charge >= 0.3 is 6.03 Å². The molecule has 0 aliphatic heterocycles. The van der Waals surface area contributed by atoms with Gasteiger partial charge in [0.05, 0.1) is 0 Å². The molecule has 3 aromatic rings. The lowest BCUT2D eigenvalue weighted by Crippen LogP contribution is -2.37. The Morgan fingerprint density at radius 1 is 1.07 bits per heavy atom. The van der Waals surface area contributed by atoms with E-state index in [0.717, 1.165) is 35.7 Å². The monoisotopic (exact) mass is 406 g/mol. The fourth-order valence-corrected chi connectivity index (χ4v) is 3.20. The predicted molar refractivity (Wildman–Crippen MR) is 124 cm³/mol. The summed E-state index contributed by atoms with van der Waals surface area (Å²) in [6, 6.07) is 16.0. The van der Waals surface area contributed by atoms with E-state index in [-0.39, 0.29) is 12.1 Å². The molecule has 0 bridgehead atoms. The Hall–Kier alpha value is -3.48. The molecule has 1 heterocycles. The number of para-hydroxylation sites is 1. The van der Waals surface area contributed by atoms with Crippen molar-refractivity contribution in [2.24, 2.45) is 4.99 Å². The van der Waals surface area contributed by atoms with Crippen LogP contribution in [-0.4, -0.2) is 36.6 Å². The number of guanidine groups is 1. The molecule has 158 valence electrons. The Labute approximate surface area is 177 Å². The van der Waals surface area contributed by atoms with Crippen LogP contribution in [0, 0.1) is 0 Å². The molecule has 0 radical (unpaired) electrons. The van der Waals surface area contributed by atoms with Crippen molar-refractivity contribution in [2.75, 3.05) is 18.9 Å². The van der Waals surface area contributed by atoms with Gasteiger partial charge in [-0.2, -0.15) is 0 Å². The SMILES string of the molecule is CN=C(NCCc1c[nH]c2ccccc12)NCc1ccc(NC(=O)NC(C)C)cc1. The number of carbonyl (C=O) groups is 1. The third-order valence-corrected chi connectivity index (χ3v) is 4.68. The molecule has 0 saturated carbocycles. The van der Waals surface area contributed by atoms with E-state index >= 15 is 0 Å². The largest absolute Gasteiger partial charge is 0.361 e. The first-order chi connectivity index (χ1) is 14.5. The summed E-state index contributed by atoms with van der Waals surface area (Å²) in [6.45, 7) is 5.28. The van der Waals surface area contributed by atoms with Crippen molar-refractivity contribution in [3.05, 3.63) is 65.9 Å². The number of carbonyl (C=O) groups excluding carboxylic acids is 1. The molecular formula is C23H30N6O. The third-order valence-electron chi connectivity index (χ3n) is 4.68. The van der Waals surface area contributed by atoms with Gasteiger partial charge in [0.15, 0.2) is 5.96 Å². The number of anilines is 1. The summed E-state index contributed by atoms with van der Waals surface area (Å²) in [5, 5.41) is 13.6. The number of aromatic amines is 1. The topological polar surface area (TPSA) is 93.3 Å². The zero-order valence-electron chi connectivity index (χ0n) is 17.8. The molecule has 7 nitrogen and oxygen atoms in total. The van der Waals surface area contributed by atoms with Crippen LogP contribution in [0.25, 0.3) is 10.9 Å². The zero-order chi connectivity index (χ0) is 21.3. The minimum absolute atomic E-state index is 0.101.